The lowest BCUT2D eigenvalue weighted by Crippen LogP contribution is -2.33. The zero-order valence-electron chi connectivity index (χ0n) is 6.73. The Bertz CT molecular complexity index is 73.5. The molecule has 0 rings (SSSR count). The maximum atomic E-state index is 8.80. The predicted molar refractivity (Wildman–Crippen MR) is 39.1 cm³/mol. The van der Waals surface area contributed by atoms with Gasteiger partial charge in [-0.3, -0.25) is 5.32 Å². The molecule has 0 saturated carbocycles. The minimum atomic E-state index is -0.385. The molecule has 1 atom stereocenters. The quantitative estimate of drug-likeness (QED) is 0.547. The van der Waals surface area contributed by atoms with E-state index < -0.39 is 0 Å². The van der Waals surface area contributed by atoms with Gasteiger partial charge < -0.3 is 5.11 Å². The van der Waals surface area contributed by atoms with Gasteiger partial charge in [-0.2, -0.15) is 0 Å². The van der Waals surface area contributed by atoms with Crippen molar-refractivity contribution in [3.8, 4) is 0 Å². The Labute approximate surface area is 57.3 Å². The zero-order chi connectivity index (χ0) is 7.49. The van der Waals surface area contributed by atoms with Crippen LogP contribution in [0.15, 0.2) is 0 Å². The van der Waals surface area contributed by atoms with Crippen LogP contribution >= 0.6 is 0 Å². The Balaban J connectivity index is 3.28. The van der Waals surface area contributed by atoms with E-state index in [9.17, 15) is 0 Å². The van der Waals surface area contributed by atoms with E-state index in [4.69, 9.17) is 5.11 Å². The van der Waals surface area contributed by atoms with Gasteiger partial charge in [0.2, 0.25) is 0 Å². The van der Waals surface area contributed by atoms with Crippen molar-refractivity contribution in [2.24, 2.45) is 5.41 Å². The maximum absolute atomic E-state index is 8.80. The largest absolute Gasteiger partial charge is 0.379 e. The standard InChI is InChI=1S/C7H17NO/c1-6(9)8-5-7(2,3)4/h6,8-9H,5H2,1-4H3. The number of aliphatic hydroxyl groups excluding tert-OH is 1. The van der Waals surface area contributed by atoms with Crippen molar-refractivity contribution >= 4 is 0 Å². The first-order chi connectivity index (χ1) is 3.92. The summed E-state index contributed by atoms with van der Waals surface area (Å²) in [5.41, 5.74) is 0.261. The molecule has 0 aliphatic heterocycles. The van der Waals surface area contributed by atoms with Crippen LogP contribution in [0.25, 0.3) is 0 Å². The lowest BCUT2D eigenvalue weighted by Gasteiger charge is -2.19. The highest BCUT2D eigenvalue weighted by Gasteiger charge is 2.09. The second-order valence-electron chi connectivity index (χ2n) is 3.62. The SMILES string of the molecule is CC(O)NCC(C)(C)C. The Hall–Kier alpha value is -0.0800. The van der Waals surface area contributed by atoms with Crippen molar-refractivity contribution in [3.63, 3.8) is 0 Å². The maximum Gasteiger partial charge on any atom is 0.102 e. The fraction of sp³-hybridized carbons (Fsp3) is 1.00. The van der Waals surface area contributed by atoms with Crippen LogP contribution in [0, 0.1) is 5.41 Å². The van der Waals surface area contributed by atoms with Gasteiger partial charge >= 0.3 is 0 Å². The van der Waals surface area contributed by atoms with Gasteiger partial charge in [0.05, 0.1) is 0 Å². The first kappa shape index (κ1) is 8.92. The molecule has 0 spiro atoms. The van der Waals surface area contributed by atoms with Gasteiger partial charge in [0, 0.05) is 6.54 Å². The van der Waals surface area contributed by atoms with Crippen LogP contribution < -0.4 is 5.32 Å². The fourth-order valence-electron chi connectivity index (χ4n) is 0.454. The fourth-order valence-corrected chi connectivity index (χ4v) is 0.454. The van der Waals surface area contributed by atoms with Gasteiger partial charge in [-0.1, -0.05) is 20.8 Å². The number of nitrogens with one attached hydrogen (secondary N) is 1. The van der Waals surface area contributed by atoms with Crippen LogP contribution in [-0.2, 0) is 0 Å². The third-order valence-electron chi connectivity index (χ3n) is 0.928. The third-order valence-corrected chi connectivity index (χ3v) is 0.928. The highest BCUT2D eigenvalue weighted by atomic mass is 16.3. The summed E-state index contributed by atoms with van der Waals surface area (Å²) < 4.78 is 0. The molecule has 2 N–H and O–H groups in total. The van der Waals surface area contributed by atoms with E-state index in [1.54, 1.807) is 6.92 Å². The van der Waals surface area contributed by atoms with Crippen LogP contribution in [0.4, 0.5) is 0 Å². The lowest BCUT2D eigenvalue weighted by molar-refractivity contribution is 0.141. The highest BCUT2D eigenvalue weighted by Crippen LogP contribution is 2.10. The van der Waals surface area contributed by atoms with Crippen LogP contribution in [0.1, 0.15) is 27.7 Å². The van der Waals surface area contributed by atoms with Crippen molar-refractivity contribution in [2.45, 2.75) is 33.9 Å². The summed E-state index contributed by atoms with van der Waals surface area (Å²) >= 11 is 0. The van der Waals surface area contributed by atoms with E-state index in [-0.39, 0.29) is 11.6 Å². The Kier molecular flexibility index (Phi) is 3.15. The molecule has 2 heteroatoms. The first-order valence-electron chi connectivity index (χ1n) is 3.33. The summed E-state index contributed by atoms with van der Waals surface area (Å²) in [7, 11) is 0. The molecule has 0 bridgehead atoms. The second kappa shape index (κ2) is 3.18. The number of hydrogen-bond acceptors (Lipinski definition) is 2. The summed E-state index contributed by atoms with van der Waals surface area (Å²) in [6.07, 6.45) is -0.385. The molecule has 0 aromatic carbocycles. The minimum Gasteiger partial charge on any atom is -0.379 e. The van der Waals surface area contributed by atoms with Gasteiger partial charge in [-0.05, 0) is 12.3 Å². The average molecular weight is 131 g/mol. The molecule has 0 aliphatic rings. The molecule has 0 amide bonds. The van der Waals surface area contributed by atoms with E-state index in [2.05, 4.69) is 26.1 Å². The van der Waals surface area contributed by atoms with Crippen LogP contribution in [0.2, 0.25) is 0 Å². The number of rotatable bonds is 2. The van der Waals surface area contributed by atoms with E-state index in [1.165, 1.54) is 0 Å². The summed E-state index contributed by atoms with van der Waals surface area (Å²) in [4.78, 5) is 0. The van der Waals surface area contributed by atoms with Gasteiger partial charge in [0.1, 0.15) is 6.23 Å². The molecule has 2 nitrogen and oxygen atoms in total. The second-order valence-corrected chi connectivity index (χ2v) is 3.62. The molecule has 56 valence electrons. The summed E-state index contributed by atoms with van der Waals surface area (Å²) in [6, 6.07) is 0. The smallest absolute Gasteiger partial charge is 0.102 e. The Morgan fingerprint density at radius 2 is 1.89 bits per heavy atom. The van der Waals surface area contributed by atoms with E-state index >= 15 is 0 Å². The van der Waals surface area contributed by atoms with Crippen molar-refractivity contribution in [3.05, 3.63) is 0 Å². The van der Waals surface area contributed by atoms with Crippen molar-refractivity contribution < 1.29 is 5.11 Å². The molecule has 0 aromatic rings. The van der Waals surface area contributed by atoms with Gasteiger partial charge in [0.25, 0.3) is 0 Å². The van der Waals surface area contributed by atoms with Crippen LogP contribution in [0.5, 0.6) is 0 Å². The van der Waals surface area contributed by atoms with Crippen LogP contribution in [0.3, 0.4) is 0 Å². The Morgan fingerprint density at radius 3 is 2.00 bits per heavy atom. The topological polar surface area (TPSA) is 32.3 Å². The Morgan fingerprint density at radius 1 is 1.44 bits per heavy atom. The average Bonchev–Trinajstić information content (AvgIpc) is 1.59. The molecule has 0 aromatic heterocycles. The summed E-state index contributed by atoms with van der Waals surface area (Å²) in [5, 5.41) is 11.7. The van der Waals surface area contributed by atoms with Crippen molar-refractivity contribution in [2.75, 3.05) is 6.54 Å². The van der Waals surface area contributed by atoms with Gasteiger partial charge in [-0.15, -0.1) is 0 Å². The molecule has 0 saturated heterocycles. The van der Waals surface area contributed by atoms with Crippen molar-refractivity contribution in [1.29, 1.82) is 0 Å². The number of aliphatic hydroxyl groups is 1. The molecular weight excluding hydrogens is 114 g/mol. The third kappa shape index (κ3) is 7.92. The molecule has 0 radical (unpaired) electrons. The van der Waals surface area contributed by atoms with Crippen molar-refractivity contribution in [1.82, 2.24) is 5.32 Å². The summed E-state index contributed by atoms with van der Waals surface area (Å²) in [6.45, 7) is 8.96. The number of hydrogen-bond donors (Lipinski definition) is 2. The highest BCUT2D eigenvalue weighted by molar-refractivity contribution is 4.64. The van der Waals surface area contributed by atoms with E-state index in [0.717, 1.165) is 6.54 Å². The van der Waals surface area contributed by atoms with Gasteiger partial charge in [-0.25, -0.2) is 0 Å². The molecule has 0 fully saturated rings. The van der Waals surface area contributed by atoms with E-state index in [0.29, 0.717) is 0 Å². The summed E-state index contributed by atoms with van der Waals surface area (Å²) in [5.74, 6) is 0. The molecule has 0 heterocycles. The molecular formula is C7H17NO. The lowest BCUT2D eigenvalue weighted by atomic mass is 9.97. The minimum absolute atomic E-state index is 0.261. The normalized spacial score (nSPS) is 15.7. The molecule has 0 aliphatic carbocycles. The zero-order valence-corrected chi connectivity index (χ0v) is 6.73. The van der Waals surface area contributed by atoms with Gasteiger partial charge in [0.15, 0.2) is 0 Å². The van der Waals surface area contributed by atoms with Crippen LogP contribution in [-0.4, -0.2) is 17.9 Å². The molecule has 1 unspecified atom stereocenters. The predicted octanol–water partition coefficient (Wildman–Crippen LogP) is 0.960. The monoisotopic (exact) mass is 131 g/mol. The molecule has 9 heavy (non-hydrogen) atoms. The van der Waals surface area contributed by atoms with E-state index in [1.807, 2.05) is 0 Å². The first-order valence-corrected chi connectivity index (χ1v) is 3.33.